The zero-order valence-electron chi connectivity index (χ0n) is 13.7. The van der Waals surface area contributed by atoms with Gasteiger partial charge in [-0.05, 0) is 37.0 Å². The molecule has 2 aliphatic rings. The number of halogens is 1. The molecular weight excluding hydrogens is 340 g/mol. The predicted molar refractivity (Wildman–Crippen MR) is 94.2 cm³/mol. The Balaban J connectivity index is 1.45. The average molecular weight is 359 g/mol. The maximum Gasteiger partial charge on any atom is 0.289 e. The Kier molecular flexibility index (Phi) is 4.00. The van der Waals surface area contributed by atoms with Gasteiger partial charge in [-0.3, -0.25) is 9.59 Å². The van der Waals surface area contributed by atoms with Crippen LogP contribution >= 0.6 is 11.6 Å². The first-order valence-electron chi connectivity index (χ1n) is 8.46. The average Bonchev–Trinajstić information content (AvgIpc) is 3.24. The fraction of sp³-hybridized carbons (Fsp3) is 0.389. The normalized spacial score (nSPS) is 19.2. The molecule has 0 atom stereocenters. The summed E-state index contributed by atoms with van der Waals surface area (Å²) in [6, 6.07) is 7.37. The minimum Gasteiger partial charge on any atom is -0.356 e. The lowest BCUT2D eigenvalue weighted by Gasteiger charge is -2.36. The van der Waals surface area contributed by atoms with Gasteiger partial charge in [0.1, 0.15) is 0 Å². The van der Waals surface area contributed by atoms with Crippen molar-refractivity contribution >= 4 is 23.4 Å². The number of hydrogen-bond acceptors (Lipinski definition) is 3. The fourth-order valence-electron chi connectivity index (χ4n) is 3.69. The van der Waals surface area contributed by atoms with Crippen molar-refractivity contribution in [3.8, 4) is 11.3 Å². The van der Waals surface area contributed by atoms with E-state index in [2.05, 4.69) is 15.3 Å². The summed E-state index contributed by atoms with van der Waals surface area (Å²) in [6.45, 7) is 1.92. The van der Waals surface area contributed by atoms with Crippen LogP contribution in [0.1, 0.15) is 29.9 Å². The van der Waals surface area contributed by atoms with E-state index in [0.717, 1.165) is 37.1 Å². The van der Waals surface area contributed by atoms with Gasteiger partial charge in [0.05, 0.1) is 17.3 Å². The lowest BCUT2D eigenvalue weighted by Crippen LogP contribution is -2.46. The van der Waals surface area contributed by atoms with E-state index in [9.17, 15) is 9.59 Å². The third-order valence-electron chi connectivity index (χ3n) is 5.31. The van der Waals surface area contributed by atoms with E-state index in [1.807, 2.05) is 12.1 Å². The SMILES string of the molecule is O=C(c1ncc(-c2ccc(Cl)cc2)[nH]1)N1CCC2(CCNC2=O)CC1. The zero-order chi connectivity index (χ0) is 17.4. The van der Waals surface area contributed by atoms with E-state index in [1.165, 1.54) is 0 Å². The summed E-state index contributed by atoms with van der Waals surface area (Å²) in [7, 11) is 0. The molecule has 0 aliphatic carbocycles. The van der Waals surface area contributed by atoms with Crippen molar-refractivity contribution in [2.75, 3.05) is 19.6 Å². The Labute approximate surface area is 150 Å². The maximum absolute atomic E-state index is 12.7. The number of H-pyrrole nitrogens is 1. The number of hydrogen-bond donors (Lipinski definition) is 2. The van der Waals surface area contributed by atoms with Gasteiger partial charge in [0, 0.05) is 24.7 Å². The van der Waals surface area contributed by atoms with Crippen LogP contribution in [0.2, 0.25) is 5.02 Å². The van der Waals surface area contributed by atoms with Gasteiger partial charge < -0.3 is 15.2 Å². The third kappa shape index (κ3) is 2.91. The second-order valence-electron chi connectivity index (χ2n) is 6.73. The number of carbonyl (C=O) groups is 2. The topological polar surface area (TPSA) is 78.1 Å². The molecule has 6 nitrogen and oxygen atoms in total. The van der Waals surface area contributed by atoms with Crippen LogP contribution in [0.25, 0.3) is 11.3 Å². The molecule has 7 heteroatoms. The van der Waals surface area contributed by atoms with Crippen LogP contribution in [-0.4, -0.2) is 46.3 Å². The van der Waals surface area contributed by atoms with Gasteiger partial charge in [-0.15, -0.1) is 0 Å². The first-order chi connectivity index (χ1) is 12.1. The molecule has 0 saturated carbocycles. The summed E-state index contributed by atoms with van der Waals surface area (Å²) in [5, 5.41) is 3.58. The molecule has 25 heavy (non-hydrogen) atoms. The monoisotopic (exact) mass is 358 g/mol. The molecule has 2 fully saturated rings. The molecule has 2 amide bonds. The van der Waals surface area contributed by atoms with Gasteiger partial charge >= 0.3 is 0 Å². The Morgan fingerprint density at radius 1 is 1.16 bits per heavy atom. The van der Waals surface area contributed by atoms with Crippen molar-refractivity contribution in [1.29, 1.82) is 0 Å². The van der Waals surface area contributed by atoms with Crippen LogP contribution in [-0.2, 0) is 4.79 Å². The number of aromatic amines is 1. The number of nitrogens with one attached hydrogen (secondary N) is 2. The number of aromatic nitrogens is 2. The minimum absolute atomic E-state index is 0.117. The predicted octanol–water partition coefficient (Wildman–Crippen LogP) is 2.47. The van der Waals surface area contributed by atoms with Gasteiger partial charge in [0.2, 0.25) is 5.91 Å². The smallest absolute Gasteiger partial charge is 0.289 e. The maximum atomic E-state index is 12.7. The number of imidazole rings is 1. The summed E-state index contributed by atoms with van der Waals surface area (Å²) < 4.78 is 0. The highest BCUT2D eigenvalue weighted by Gasteiger charge is 2.45. The Morgan fingerprint density at radius 2 is 1.88 bits per heavy atom. The Morgan fingerprint density at radius 3 is 2.52 bits per heavy atom. The number of likely N-dealkylation sites (tertiary alicyclic amines) is 1. The second-order valence-corrected chi connectivity index (χ2v) is 7.17. The molecule has 2 aromatic rings. The van der Waals surface area contributed by atoms with Crippen molar-refractivity contribution in [3.63, 3.8) is 0 Å². The van der Waals surface area contributed by atoms with E-state index in [4.69, 9.17) is 11.6 Å². The van der Waals surface area contributed by atoms with Gasteiger partial charge in [-0.2, -0.15) is 0 Å². The number of benzene rings is 1. The lowest BCUT2D eigenvalue weighted by molar-refractivity contribution is -0.129. The van der Waals surface area contributed by atoms with Crippen molar-refractivity contribution in [1.82, 2.24) is 20.2 Å². The molecule has 2 saturated heterocycles. The standard InChI is InChI=1S/C18H19ClN4O2/c19-13-3-1-12(2-4-13)14-11-21-15(22-14)16(24)23-9-6-18(7-10-23)5-8-20-17(18)25/h1-4,11H,5-10H2,(H,20,25)(H,21,22). The number of piperidine rings is 1. The van der Waals surface area contributed by atoms with Gasteiger partial charge in [-0.1, -0.05) is 23.7 Å². The van der Waals surface area contributed by atoms with E-state index in [0.29, 0.717) is 23.9 Å². The molecule has 4 rings (SSSR count). The summed E-state index contributed by atoms with van der Waals surface area (Å²) in [6.07, 6.45) is 3.96. The van der Waals surface area contributed by atoms with Crippen LogP contribution in [0, 0.1) is 5.41 Å². The van der Waals surface area contributed by atoms with Crippen molar-refractivity contribution in [2.24, 2.45) is 5.41 Å². The zero-order valence-corrected chi connectivity index (χ0v) is 14.5. The van der Waals surface area contributed by atoms with E-state index in [-0.39, 0.29) is 17.2 Å². The van der Waals surface area contributed by atoms with Crippen LogP contribution in [0.5, 0.6) is 0 Å². The van der Waals surface area contributed by atoms with Crippen LogP contribution in [0.3, 0.4) is 0 Å². The quantitative estimate of drug-likeness (QED) is 0.865. The second kappa shape index (κ2) is 6.19. The van der Waals surface area contributed by atoms with Crippen molar-refractivity contribution in [3.05, 3.63) is 41.3 Å². The third-order valence-corrected chi connectivity index (χ3v) is 5.56. The number of nitrogens with zero attached hydrogens (tertiary/aromatic N) is 2. The van der Waals surface area contributed by atoms with Crippen LogP contribution < -0.4 is 5.32 Å². The molecule has 0 unspecified atom stereocenters. The highest BCUT2D eigenvalue weighted by molar-refractivity contribution is 6.30. The van der Waals surface area contributed by atoms with E-state index >= 15 is 0 Å². The highest BCUT2D eigenvalue weighted by atomic mass is 35.5. The minimum atomic E-state index is -0.269. The highest BCUT2D eigenvalue weighted by Crippen LogP contribution is 2.38. The molecule has 0 bridgehead atoms. The van der Waals surface area contributed by atoms with Crippen LogP contribution in [0.15, 0.2) is 30.5 Å². The molecule has 1 spiro atoms. The Bertz CT molecular complexity index is 807. The summed E-state index contributed by atoms with van der Waals surface area (Å²) >= 11 is 5.90. The van der Waals surface area contributed by atoms with Gasteiger partial charge in [0.25, 0.3) is 5.91 Å². The van der Waals surface area contributed by atoms with E-state index < -0.39 is 0 Å². The number of carbonyl (C=O) groups excluding carboxylic acids is 2. The molecule has 1 aromatic heterocycles. The summed E-state index contributed by atoms with van der Waals surface area (Å²) in [5.74, 6) is 0.355. The fourth-order valence-corrected chi connectivity index (χ4v) is 3.81. The van der Waals surface area contributed by atoms with Gasteiger partial charge in [-0.25, -0.2) is 4.98 Å². The first kappa shape index (κ1) is 16.1. The Hall–Kier alpha value is -2.34. The molecule has 2 N–H and O–H groups in total. The molecule has 130 valence electrons. The van der Waals surface area contributed by atoms with Gasteiger partial charge in [0.15, 0.2) is 5.82 Å². The molecular formula is C18H19ClN4O2. The van der Waals surface area contributed by atoms with E-state index in [1.54, 1.807) is 23.2 Å². The first-order valence-corrected chi connectivity index (χ1v) is 8.84. The summed E-state index contributed by atoms with van der Waals surface area (Å²) in [5.41, 5.74) is 1.44. The number of amides is 2. The number of rotatable bonds is 2. The molecule has 3 heterocycles. The summed E-state index contributed by atoms with van der Waals surface area (Å²) in [4.78, 5) is 33.8. The van der Waals surface area contributed by atoms with Crippen molar-refractivity contribution in [2.45, 2.75) is 19.3 Å². The molecule has 0 radical (unpaired) electrons. The lowest BCUT2D eigenvalue weighted by atomic mass is 9.77. The van der Waals surface area contributed by atoms with Crippen LogP contribution in [0.4, 0.5) is 0 Å². The van der Waals surface area contributed by atoms with Crippen molar-refractivity contribution < 1.29 is 9.59 Å². The molecule has 1 aromatic carbocycles. The largest absolute Gasteiger partial charge is 0.356 e. The molecule has 2 aliphatic heterocycles.